The van der Waals surface area contributed by atoms with Crippen LogP contribution in [0.4, 0.5) is 5.69 Å². The van der Waals surface area contributed by atoms with E-state index in [-0.39, 0.29) is 17.1 Å². The highest BCUT2D eigenvalue weighted by molar-refractivity contribution is 8.00. The minimum Gasteiger partial charge on any atom is -0.495 e. The number of aromatic nitrogens is 3. The molecular weight excluding hydrogens is 396 g/mol. The maximum Gasteiger partial charge on any atom is 0.238 e. The first-order chi connectivity index (χ1) is 14.4. The Bertz CT molecular complexity index is 1020. The van der Waals surface area contributed by atoms with E-state index in [0.29, 0.717) is 11.4 Å². The molecule has 1 atom stereocenters. The number of rotatable bonds is 8. The van der Waals surface area contributed by atoms with Gasteiger partial charge in [0.25, 0.3) is 0 Å². The van der Waals surface area contributed by atoms with Crippen molar-refractivity contribution in [3.63, 3.8) is 0 Å². The van der Waals surface area contributed by atoms with Crippen LogP contribution in [0.25, 0.3) is 11.4 Å². The molecule has 1 amide bonds. The Balaban J connectivity index is 1.86. The number of methoxy groups -OCH3 is 1. The highest BCUT2D eigenvalue weighted by atomic mass is 32.2. The SMILES string of the molecule is CCn1c(SC(C(=O)Nc2ccccc2OC)C(C)C)nnc1-c1cccc(C)c1. The summed E-state index contributed by atoms with van der Waals surface area (Å²) < 4.78 is 7.42. The van der Waals surface area contributed by atoms with E-state index >= 15 is 0 Å². The number of hydrogen-bond donors (Lipinski definition) is 1. The monoisotopic (exact) mass is 424 g/mol. The molecule has 2 aromatic carbocycles. The van der Waals surface area contributed by atoms with Crippen LogP contribution in [-0.4, -0.2) is 33.0 Å². The van der Waals surface area contributed by atoms with Gasteiger partial charge in [0.1, 0.15) is 5.75 Å². The van der Waals surface area contributed by atoms with Gasteiger partial charge in [0.2, 0.25) is 5.91 Å². The van der Waals surface area contributed by atoms with Crippen molar-refractivity contribution in [3.8, 4) is 17.1 Å². The van der Waals surface area contributed by atoms with Crippen molar-refractivity contribution in [2.45, 2.75) is 44.6 Å². The van der Waals surface area contributed by atoms with Crippen LogP contribution in [0.3, 0.4) is 0 Å². The zero-order chi connectivity index (χ0) is 21.7. The lowest BCUT2D eigenvalue weighted by molar-refractivity contribution is -0.116. The summed E-state index contributed by atoms with van der Waals surface area (Å²) in [5.74, 6) is 1.48. The van der Waals surface area contributed by atoms with Gasteiger partial charge < -0.3 is 14.6 Å². The molecule has 0 bridgehead atoms. The lowest BCUT2D eigenvalue weighted by Gasteiger charge is -2.20. The number of ether oxygens (including phenoxy) is 1. The highest BCUT2D eigenvalue weighted by Crippen LogP contribution is 2.32. The number of benzene rings is 2. The van der Waals surface area contributed by atoms with Gasteiger partial charge in [0, 0.05) is 12.1 Å². The van der Waals surface area contributed by atoms with E-state index in [9.17, 15) is 4.79 Å². The van der Waals surface area contributed by atoms with Crippen molar-refractivity contribution < 1.29 is 9.53 Å². The van der Waals surface area contributed by atoms with Crippen LogP contribution in [0.2, 0.25) is 0 Å². The summed E-state index contributed by atoms with van der Waals surface area (Å²) in [6.45, 7) is 8.91. The molecule has 1 heterocycles. The molecular formula is C23H28N4O2S. The summed E-state index contributed by atoms with van der Waals surface area (Å²) in [7, 11) is 1.59. The van der Waals surface area contributed by atoms with Gasteiger partial charge in [0.15, 0.2) is 11.0 Å². The molecule has 0 aliphatic carbocycles. The molecule has 30 heavy (non-hydrogen) atoms. The summed E-state index contributed by atoms with van der Waals surface area (Å²) >= 11 is 1.45. The second-order valence-electron chi connectivity index (χ2n) is 7.39. The van der Waals surface area contributed by atoms with Crippen LogP contribution in [0, 0.1) is 12.8 Å². The maximum atomic E-state index is 13.1. The number of hydrogen-bond acceptors (Lipinski definition) is 5. The molecule has 0 saturated carbocycles. The number of nitrogens with one attached hydrogen (secondary N) is 1. The number of amides is 1. The third kappa shape index (κ3) is 4.84. The van der Waals surface area contributed by atoms with Crippen molar-refractivity contribution >= 4 is 23.4 Å². The van der Waals surface area contributed by atoms with E-state index in [0.717, 1.165) is 23.1 Å². The molecule has 0 fully saturated rings. The van der Waals surface area contributed by atoms with Crippen LogP contribution in [0.15, 0.2) is 53.7 Å². The fourth-order valence-corrected chi connectivity index (χ4v) is 4.31. The quantitative estimate of drug-likeness (QED) is 0.513. The second-order valence-corrected chi connectivity index (χ2v) is 8.50. The maximum absolute atomic E-state index is 13.1. The summed E-state index contributed by atoms with van der Waals surface area (Å²) in [6.07, 6.45) is 0. The van der Waals surface area contributed by atoms with Crippen LogP contribution >= 0.6 is 11.8 Å². The molecule has 158 valence electrons. The van der Waals surface area contributed by atoms with Gasteiger partial charge >= 0.3 is 0 Å². The predicted octanol–water partition coefficient (Wildman–Crippen LogP) is 5.04. The van der Waals surface area contributed by atoms with E-state index < -0.39 is 0 Å². The zero-order valence-electron chi connectivity index (χ0n) is 18.0. The molecule has 7 heteroatoms. The molecule has 1 unspecified atom stereocenters. The first-order valence-electron chi connectivity index (χ1n) is 10.0. The summed E-state index contributed by atoms with van der Waals surface area (Å²) in [5, 5.41) is 12.3. The standard InChI is InChI=1S/C23H28N4O2S/c1-6-27-21(17-11-9-10-16(4)14-17)25-26-23(27)30-20(15(2)3)22(28)24-18-12-7-8-13-19(18)29-5/h7-15,20H,6H2,1-5H3,(H,24,28). The number of anilines is 1. The summed E-state index contributed by atoms with van der Waals surface area (Å²) in [5.41, 5.74) is 2.85. The molecule has 1 N–H and O–H groups in total. The molecule has 6 nitrogen and oxygen atoms in total. The lowest BCUT2D eigenvalue weighted by Crippen LogP contribution is -2.30. The van der Waals surface area contributed by atoms with Crippen molar-refractivity contribution in [3.05, 3.63) is 54.1 Å². The van der Waals surface area contributed by atoms with E-state index in [1.165, 1.54) is 17.3 Å². The van der Waals surface area contributed by atoms with Gasteiger partial charge in [-0.3, -0.25) is 4.79 Å². The number of carbonyl (C=O) groups excluding carboxylic acids is 1. The van der Waals surface area contributed by atoms with Crippen LogP contribution in [0.5, 0.6) is 5.75 Å². The molecule has 0 radical (unpaired) electrons. The Kier molecular flexibility index (Phi) is 7.15. The van der Waals surface area contributed by atoms with Gasteiger partial charge in [-0.25, -0.2) is 0 Å². The lowest BCUT2D eigenvalue weighted by atomic mass is 10.1. The van der Waals surface area contributed by atoms with E-state index in [1.54, 1.807) is 7.11 Å². The predicted molar refractivity (Wildman–Crippen MR) is 122 cm³/mol. The van der Waals surface area contributed by atoms with Gasteiger partial charge in [-0.05, 0) is 38.0 Å². The van der Waals surface area contributed by atoms with E-state index in [4.69, 9.17) is 4.74 Å². The molecule has 0 aliphatic rings. The third-order valence-electron chi connectivity index (χ3n) is 4.77. The number of carbonyl (C=O) groups is 1. The molecule has 0 spiro atoms. The zero-order valence-corrected chi connectivity index (χ0v) is 18.9. The van der Waals surface area contributed by atoms with Crippen LogP contribution < -0.4 is 10.1 Å². The summed E-state index contributed by atoms with van der Waals surface area (Å²) in [4.78, 5) is 13.1. The number of nitrogens with zero attached hydrogens (tertiary/aromatic N) is 3. The smallest absolute Gasteiger partial charge is 0.238 e. The van der Waals surface area contributed by atoms with E-state index in [2.05, 4.69) is 46.1 Å². The van der Waals surface area contributed by atoms with Crippen molar-refractivity contribution in [2.75, 3.05) is 12.4 Å². The fraction of sp³-hybridized carbons (Fsp3) is 0.348. The minimum atomic E-state index is -0.324. The minimum absolute atomic E-state index is 0.0812. The fourth-order valence-electron chi connectivity index (χ4n) is 3.22. The van der Waals surface area contributed by atoms with Gasteiger partial charge in [0.05, 0.1) is 18.0 Å². The molecule has 0 saturated heterocycles. The number of aryl methyl sites for hydroxylation is 1. The Morgan fingerprint density at radius 2 is 1.93 bits per heavy atom. The summed E-state index contributed by atoms with van der Waals surface area (Å²) in [6, 6.07) is 15.6. The van der Waals surface area contributed by atoms with Gasteiger partial charge in [-0.15, -0.1) is 10.2 Å². The van der Waals surface area contributed by atoms with Crippen molar-refractivity contribution in [1.82, 2.24) is 14.8 Å². The molecule has 3 aromatic rings. The number of thioether (sulfide) groups is 1. The van der Waals surface area contributed by atoms with Gasteiger partial charge in [-0.1, -0.05) is 61.5 Å². The van der Waals surface area contributed by atoms with Gasteiger partial charge in [-0.2, -0.15) is 0 Å². The third-order valence-corrected chi connectivity index (χ3v) is 6.30. The first-order valence-corrected chi connectivity index (χ1v) is 10.9. The molecule has 0 aliphatic heterocycles. The number of para-hydroxylation sites is 2. The highest BCUT2D eigenvalue weighted by Gasteiger charge is 2.27. The normalized spacial score (nSPS) is 12.1. The van der Waals surface area contributed by atoms with Crippen molar-refractivity contribution in [1.29, 1.82) is 0 Å². The first kappa shape index (κ1) is 21.9. The Labute approximate surface area is 182 Å². The van der Waals surface area contributed by atoms with Crippen LogP contribution in [0.1, 0.15) is 26.3 Å². The largest absolute Gasteiger partial charge is 0.495 e. The van der Waals surface area contributed by atoms with E-state index in [1.807, 2.05) is 50.2 Å². The second kappa shape index (κ2) is 9.80. The topological polar surface area (TPSA) is 69.0 Å². The average Bonchev–Trinajstić information content (AvgIpc) is 3.14. The van der Waals surface area contributed by atoms with Crippen molar-refractivity contribution in [2.24, 2.45) is 5.92 Å². The Morgan fingerprint density at radius 3 is 2.60 bits per heavy atom. The molecule has 1 aromatic heterocycles. The Hall–Kier alpha value is -2.80. The Morgan fingerprint density at radius 1 is 1.17 bits per heavy atom. The molecule has 3 rings (SSSR count). The average molecular weight is 425 g/mol. The van der Waals surface area contributed by atoms with Crippen LogP contribution in [-0.2, 0) is 11.3 Å².